The van der Waals surface area contributed by atoms with Gasteiger partial charge in [0.15, 0.2) is 5.16 Å². The topological polar surface area (TPSA) is 69.0 Å². The normalized spacial score (nSPS) is 11.8. The lowest BCUT2D eigenvalue weighted by atomic mass is 10.3. The Labute approximate surface area is 150 Å². The molecular weight excluding hydrogens is 336 g/mol. The molecular formula is C18H18N4O2S. The summed E-state index contributed by atoms with van der Waals surface area (Å²) in [6, 6.07) is 17.1. The molecule has 0 fully saturated rings. The van der Waals surface area contributed by atoms with E-state index in [9.17, 15) is 4.79 Å². The molecule has 0 bridgehead atoms. The number of aromatic nitrogens is 3. The van der Waals surface area contributed by atoms with Crippen LogP contribution < -0.4 is 10.1 Å². The lowest BCUT2D eigenvalue weighted by molar-refractivity contribution is -0.115. The molecule has 25 heavy (non-hydrogen) atoms. The smallest absolute Gasteiger partial charge is 0.237 e. The number of carbonyl (C=O) groups excluding carboxylic acids is 1. The molecule has 6 nitrogen and oxygen atoms in total. The van der Waals surface area contributed by atoms with Crippen LogP contribution in [0.1, 0.15) is 6.92 Å². The molecule has 3 aromatic rings. The lowest BCUT2D eigenvalue weighted by Gasteiger charge is -2.14. The molecule has 0 spiro atoms. The summed E-state index contributed by atoms with van der Waals surface area (Å²) in [5.41, 5.74) is 1.60. The highest BCUT2D eigenvalue weighted by molar-refractivity contribution is 8.00. The average Bonchev–Trinajstić information content (AvgIpc) is 3.11. The van der Waals surface area contributed by atoms with E-state index in [0.717, 1.165) is 5.69 Å². The van der Waals surface area contributed by atoms with Crippen LogP contribution in [0.4, 0.5) is 5.69 Å². The highest BCUT2D eigenvalue weighted by Crippen LogP contribution is 2.27. The number of hydrogen-bond acceptors (Lipinski definition) is 5. The minimum absolute atomic E-state index is 0.128. The van der Waals surface area contributed by atoms with Gasteiger partial charge < -0.3 is 10.1 Å². The zero-order valence-corrected chi connectivity index (χ0v) is 14.7. The van der Waals surface area contributed by atoms with Gasteiger partial charge in [-0.3, -0.25) is 9.36 Å². The zero-order chi connectivity index (χ0) is 17.6. The number of carbonyl (C=O) groups is 1. The van der Waals surface area contributed by atoms with Crippen molar-refractivity contribution in [1.82, 2.24) is 14.8 Å². The molecule has 3 rings (SSSR count). The van der Waals surface area contributed by atoms with Gasteiger partial charge in [-0.1, -0.05) is 42.1 Å². The predicted molar refractivity (Wildman–Crippen MR) is 98.3 cm³/mol. The van der Waals surface area contributed by atoms with E-state index in [4.69, 9.17) is 4.74 Å². The number of thioether (sulfide) groups is 1. The molecule has 0 aliphatic carbocycles. The van der Waals surface area contributed by atoms with Gasteiger partial charge in [-0.05, 0) is 31.2 Å². The maximum Gasteiger partial charge on any atom is 0.237 e. The van der Waals surface area contributed by atoms with E-state index in [1.54, 1.807) is 25.6 Å². The van der Waals surface area contributed by atoms with Crippen LogP contribution in [-0.2, 0) is 4.79 Å². The van der Waals surface area contributed by atoms with Gasteiger partial charge in [0.05, 0.1) is 18.0 Å². The Bertz CT molecular complexity index is 851. The zero-order valence-electron chi connectivity index (χ0n) is 13.9. The molecule has 0 saturated heterocycles. The van der Waals surface area contributed by atoms with Gasteiger partial charge in [0, 0.05) is 5.69 Å². The number of anilines is 1. The van der Waals surface area contributed by atoms with Crippen molar-refractivity contribution in [3.63, 3.8) is 0 Å². The Hall–Kier alpha value is -2.80. The SMILES string of the molecule is COc1ccccc1NC(=O)[C@@H](C)Sc1nncn1-c1ccccc1. The number of nitrogens with one attached hydrogen (secondary N) is 1. The van der Waals surface area contributed by atoms with Crippen LogP contribution >= 0.6 is 11.8 Å². The van der Waals surface area contributed by atoms with E-state index in [1.165, 1.54) is 11.8 Å². The van der Waals surface area contributed by atoms with Crippen molar-refractivity contribution in [3.05, 3.63) is 60.9 Å². The second-order valence-electron chi connectivity index (χ2n) is 5.27. The Balaban J connectivity index is 1.72. The maximum absolute atomic E-state index is 12.5. The van der Waals surface area contributed by atoms with Crippen LogP contribution in [0, 0.1) is 0 Å². The molecule has 0 aliphatic rings. The fourth-order valence-corrected chi connectivity index (χ4v) is 3.11. The second kappa shape index (κ2) is 7.85. The maximum atomic E-state index is 12.5. The van der Waals surface area contributed by atoms with Crippen LogP contribution in [0.25, 0.3) is 5.69 Å². The Morgan fingerprint density at radius 1 is 1.16 bits per heavy atom. The summed E-state index contributed by atoms with van der Waals surface area (Å²) in [7, 11) is 1.57. The van der Waals surface area contributed by atoms with Gasteiger partial charge >= 0.3 is 0 Å². The van der Waals surface area contributed by atoms with Crippen LogP contribution in [0.5, 0.6) is 5.75 Å². The molecule has 1 N–H and O–H groups in total. The van der Waals surface area contributed by atoms with Crippen molar-refractivity contribution >= 4 is 23.4 Å². The average molecular weight is 354 g/mol. The van der Waals surface area contributed by atoms with Crippen molar-refractivity contribution in [3.8, 4) is 11.4 Å². The number of methoxy groups -OCH3 is 1. The third-order valence-electron chi connectivity index (χ3n) is 3.57. The Morgan fingerprint density at radius 3 is 2.64 bits per heavy atom. The minimum atomic E-state index is -0.350. The lowest BCUT2D eigenvalue weighted by Crippen LogP contribution is -2.23. The van der Waals surface area contributed by atoms with E-state index >= 15 is 0 Å². The molecule has 2 aromatic carbocycles. The van der Waals surface area contributed by atoms with Crippen molar-refractivity contribution in [1.29, 1.82) is 0 Å². The van der Waals surface area contributed by atoms with Gasteiger partial charge in [0.1, 0.15) is 12.1 Å². The highest BCUT2D eigenvalue weighted by Gasteiger charge is 2.19. The van der Waals surface area contributed by atoms with Crippen molar-refractivity contribution in [2.45, 2.75) is 17.3 Å². The van der Waals surface area contributed by atoms with E-state index in [-0.39, 0.29) is 11.2 Å². The fraction of sp³-hybridized carbons (Fsp3) is 0.167. The van der Waals surface area contributed by atoms with E-state index in [2.05, 4.69) is 15.5 Å². The molecule has 0 aliphatic heterocycles. The number of amides is 1. The predicted octanol–water partition coefficient (Wildman–Crippen LogP) is 3.40. The first-order chi connectivity index (χ1) is 12.2. The molecule has 1 atom stereocenters. The number of benzene rings is 2. The first-order valence-electron chi connectivity index (χ1n) is 7.75. The molecule has 0 unspecified atom stereocenters. The summed E-state index contributed by atoms with van der Waals surface area (Å²) >= 11 is 1.35. The highest BCUT2D eigenvalue weighted by atomic mass is 32.2. The third-order valence-corrected chi connectivity index (χ3v) is 4.62. The summed E-state index contributed by atoms with van der Waals surface area (Å²) in [6.45, 7) is 1.83. The summed E-state index contributed by atoms with van der Waals surface area (Å²) < 4.78 is 7.12. The summed E-state index contributed by atoms with van der Waals surface area (Å²) in [6.07, 6.45) is 1.64. The number of hydrogen-bond donors (Lipinski definition) is 1. The first kappa shape index (κ1) is 17.0. The van der Waals surface area contributed by atoms with Crippen molar-refractivity contribution < 1.29 is 9.53 Å². The summed E-state index contributed by atoms with van der Waals surface area (Å²) in [5.74, 6) is 0.498. The van der Waals surface area contributed by atoms with Gasteiger partial charge in [-0.25, -0.2) is 0 Å². The molecule has 128 valence electrons. The van der Waals surface area contributed by atoms with Crippen LogP contribution in [0.15, 0.2) is 66.1 Å². The molecule has 1 aromatic heterocycles. The monoisotopic (exact) mass is 354 g/mol. The Morgan fingerprint density at radius 2 is 1.88 bits per heavy atom. The van der Waals surface area contributed by atoms with Crippen LogP contribution in [0.3, 0.4) is 0 Å². The number of rotatable bonds is 6. The summed E-state index contributed by atoms with van der Waals surface area (Å²) in [5, 5.41) is 11.3. The quantitative estimate of drug-likeness (QED) is 0.687. The second-order valence-corrected chi connectivity index (χ2v) is 6.58. The van der Waals surface area contributed by atoms with Crippen molar-refractivity contribution in [2.75, 3.05) is 12.4 Å². The van der Waals surface area contributed by atoms with Gasteiger partial charge in [0.2, 0.25) is 5.91 Å². The molecule has 0 radical (unpaired) electrons. The van der Waals surface area contributed by atoms with Crippen LogP contribution in [0.2, 0.25) is 0 Å². The third kappa shape index (κ3) is 4.00. The molecule has 1 amide bonds. The molecule has 1 heterocycles. The van der Waals surface area contributed by atoms with Gasteiger partial charge in [-0.15, -0.1) is 10.2 Å². The van der Waals surface area contributed by atoms with Crippen molar-refractivity contribution in [2.24, 2.45) is 0 Å². The molecule has 7 heteroatoms. The van der Waals surface area contributed by atoms with Gasteiger partial charge in [0.25, 0.3) is 0 Å². The van der Waals surface area contributed by atoms with E-state index in [1.807, 2.05) is 54.0 Å². The Kier molecular flexibility index (Phi) is 5.35. The minimum Gasteiger partial charge on any atom is -0.495 e. The fourth-order valence-electron chi connectivity index (χ4n) is 2.26. The number of ether oxygens (including phenoxy) is 1. The molecule has 0 saturated carbocycles. The standard InChI is InChI=1S/C18H18N4O2S/c1-13(17(23)20-15-10-6-7-11-16(15)24-2)25-18-21-19-12-22(18)14-8-4-3-5-9-14/h3-13H,1-2H3,(H,20,23)/t13-/m1/s1. The van der Waals surface area contributed by atoms with E-state index in [0.29, 0.717) is 16.6 Å². The number of para-hydroxylation sites is 3. The summed E-state index contributed by atoms with van der Waals surface area (Å²) in [4.78, 5) is 12.5. The number of nitrogens with zero attached hydrogens (tertiary/aromatic N) is 3. The van der Waals surface area contributed by atoms with Crippen LogP contribution in [-0.4, -0.2) is 33.0 Å². The van der Waals surface area contributed by atoms with Gasteiger partial charge in [-0.2, -0.15) is 0 Å². The van der Waals surface area contributed by atoms with E-state index < -0.39 is 0 Å². The first-order valence-corrected chi connectivity index (χ1v) is 8.63. The largest absolute Gasteiger partial charge is 0.495 e.